The standard InChI is InChI=1S/C25H36N4O4S/c1-4-6-7-8-9-10-15-34-25-26-22-21(23(31)27-24(32)28(22)3)29(25)16-19(30)17-33-20-13-11-18(5-2)12-14-20/h11-14,19,30H,4-10,15-17H2,1-3H3,(H,27,31,32)/t19-/m0/s1. The van der Waals surface area contributed by atoms with Crippen molar-refractivity contribution in [3.8, 4) is 5.75 Å². The van der Waals surface area contributed by atoms with Crippen LogP contribution < -0.4 is 16.0 Å². The smallest absolute Gasteiger partial charge is 0.329 e. The van der Waals surface area contributed by atoms with Gasteiger partial charge in [-0.05, 0) is 30.5 Å². The Kier molecular flexibility index (Phi) is 9.83. The number of nitrogens with zero attached hydrogens (tertiary/aromatic N) is 3. The van der Waals surface area contributed by atoms with Gasteiger partial charge in [0.1, 0.15) is 18.5 Å². The number of hydrogen-bond acceptors (Lipinski definition) is 6. The van der Waals surface area contributed by atoms with Crippen molar-refractivity contribution in [1.82, 2.24) is 19.1 Å². The SMILES string of the molecule is CCCCCCCCSc1nc2c(c(=O)[nH]c(=O)n2C)n1C[C@H](O)COc1ccc(CC)cc1. The van der Waals surface area contributed by atoms with E-state index in [1.165, 1.54) is 35.8 Å². The molecule has 1 aromatic carbocycles. The number of aliphatic hydroxyl groups excluding tert-OH is 1. The lowest BCUT2D eigenvalue weighted by molar-refractivity contribution is 0.0913. The molecule has 0 aliphatic heterocycles. The molecule has 2 aromatic heterocycles. The Balaban J connectivity index is 1.72. The average molecular weight is 489 g/mol. The van der Waals surface area contributed by atoms with Crippen molar-refractivity contribution in [3.63, 3.8) is 0 Å². The van der Waals surface area contributed by atoms with E-state index in [0.717, 1.165) is 25.0 Å². The van der Waals surface area contributed by atoms with Gasteiger partial charge >= 0.3 is 5.69 Å². The van der Waals surface area contributed by atoms with E-state index in [4.69, 9.17) is 4.74 Å². The van der Waals surface area contributed by atoms with Gasteiger partial charge in [-0.1, -0.05) is 69.8 Å². The molecular weight excluding hydrogens is 452 g/mol. The van der Waals surface area contributed by atoms with E-state index in [2.05, 4.69) is 23.8 Å². The maximum absolute atomic E-state index is 12.6. The van der Waals surface area contributed by atoms with E-state index in [1.807, 2.05) is 24.3 Å². The Morgan fingerprint density at radius 1 is 1.09 bits per heavy atom. The minimum absolute atomic E-state index is 0.0797. The number of aromatic nitrogens is 4. The number of aliphatic hydroxyl groups is 1. The molecule has 0 aliphatic carbocycles. The highest BCUT2D eigenvalue weighted by atomic mass is 32.2. The first-order valence-corrected chi connectivity index (χ1v) is 13.1. The predicted molar refractivity (Wildman–Crippen MR) is 137 cm³/mol. The normalized spacial score (nSPS) is 12.4. The van der Waals surface area contributed by atoms with Crippen LogP contribution in [0.4, 0.5) is 0 Å². The van der Waals surface area contributed by atoms with Crippen LogP contribution in [0, 0.1) is 0 Å². The van der Waals surface area contributed by atoms with Gasteiger partial charge in [-0.15, -0.1) is 0 Å². The number of nitrogens with one attached hydrogen (secondary N) is 1. The largest absolute Gasteiger partial charge is 0.491 e. The van der Waals surface area contributed by atoms with Gasteiger partial charge in [0.25, 0.3) is 5.56 Å². The lowest BCUT2D eigenvalue weighted by Gasteiger charge is -2.15. The molecule has 8 nitrogen and oxygen atoms in total. The lowest BCUT2D eigenvalue weighted by atomic mass is 10.1. The minimum Gasteiger partial charge on any atom is -0.491 e. The first kappa shape index (κ1) is 26.1. The van der Waals surface area contributed by atoms with Crippen LogP contribution in [-0.4, -0.2) is 42.7 Å². The molecule has 0 saturated carbocycles. The van der Waals surface area contributed by atoms with Crippen LogP contribution in [0.5, 0.6) is 5.75 Å². The van der Waals surface area contributed by atoms with Crippen LogP contribution in [-0.2, 0) is 20.0 Å². The fourth-order valence-corrected chi connectivity index (χ4v) is 4.82. The lowest BCUT2D eigenvalue weighted by Crippen LogP contribution is -2.30. The summed E-state index contributed by atoms with van der Waals surface area (Å²) in [6.45, 7) is 4.52. The third-order valence-electron chi connectivity index (χ3n) is 5.87. The number of fused-ring (bicyclic) bond motifs is 1. The number of imidazole rings is 1. The van der Waals surface area contributed by atoms with Crippen LogP contribution in [0.25, 0.3) is 11.2 Å². The quantitative estimate of drug-likeness (QED) is 0.264. The second-order valence-electron chi connectivity index (χ2n) is 8.57. The zero-order valence-corrected chi connectivity index (χ0v) is 21.2. The van der Waals surface area contributed by atoms with Crippen LogP contribution in [0.3, 0.4) is 0 Å². The van der Waals surface area contributed by atoms with E-state index in [9.17, 15) is 14.7 Å². The molecular formula is C25H36N4O4S. The molecule has 9 heteroatoms. The molecule has 0 fully saturated rings. The van der Waals surface area contributed by atoms with Crippen molar-refractivity contribution in [2.45, 2.75) is 76.6 Å². The monoisotopic (exact) mass is 488 g/mol. The van der Waals surface area contributed by atoms with Crippen LogP contribution in [0.15, 0.2) is 39.0 Å². The van der Waals surface area contributed by atoms with E-state index in [1.54, 1.807) is 23.4 Å². The van der Waals surface area contributed by atoms with Gasteiger partial charge < -0.3 is 14.4 Å². The molecule has 0 amide bonds. The Morgan fingerprint density at radius 3 is 2.50 bits per heavy atom. The molecule has 186 valence electrons. The number of thioether (sulfide) groups is 1. The highest BCUT2D eigenvalue weighted by Crippen LogP contribution is 2.24. The summed E-state index contributed by atoms with van der Waals surface area (Å²) in [5, 5.41) is 11.3. The molecule has 2 heterocycles. The molecule has 0 aliphatic rings. The molecule has 3 rings (SSSR count). The Hall–Kier alpha value is -2.52. The van der Waals surface area contributed by atoms with Gasteiger partial charge in [0, 0.05) is 12.8 Å². The van der Waals surface area contributed by atoms with E-state index in [-0.39, 0.29) is 13.2 Å². The highest BCUT2D eigenvalue weighted by molar-refractivity contribution is 7.99. The second-order valence-corrected chi connectivity index (χ2v) is 9.64. The second kappa shape index (κ2) is 12.8. The Morgan fingerprint density at radius 2 is 1.79 bits per heavy atom. The first-order valence-electron chi connectivity index (χ1n) is 12.2. The third kappa shape index (κ3) is 6.76. The summed E-state index contributed by atoms with van der Waals surface area (Å²) in [7, 11) is 1.58. The summed E-state index contributed by atoms with van der Waals surface area (Å²) in [5.74, 6) is 1.54. The number of aryl methyl sites for hydroxylation is 2. The molecule has 0 unspecified atom stereocenters. The number of hydrogen-bond donors (Lipinski definition) is 2. The summed E-state index contributed by atoms with van der Waals surface area (Å²) in [6.07, 6.45) is 7.26. The highest BCUT2D eigenvalue weighted by Gasteiger charge is 2.20. The van der Waals surface area contributed by atoms with E-state index in [0.29, 0.717) is 22.1 Å². The molecule has 34 heavy (non-hydrogen) atoms. The van der Waals surface area contributed by atoms with Gasteiger partial charge in [-0.2, -0.15) is 0 Å². The summed E-state index contributed by atoms with van der Waals surface area (Å²) < 4.78 is 8.80. The molecule has 0 radical (unpaired) electrons. The third-order valence-corrected chi connectivity index (χ3v) is 6.93. The average Bonchev–Trinajstić information content (AvgIpc) is 3.19. The summed E-state index contributed by atoms with van der Waals surface area (Å²) >= 11 is 1.55. The summed E-state index contributed by atoms with van der Waals surface area (Å²) in [4.78, 5) is 31.6. The van der Waals surface area contributed by atoms with Gasteiger partial charge in [0.05, 0.1) is 6.54 Å². The fourth-order valence-electron chi connectivity index (χ4n) is 3.82. The van der Waals surface area contributed by atoms with E-state index >= 15 is 0 Å². The first-order chi connectivity index (χ1) is 16.4. The minimum atomic E-state index is -0.853. The fraction of sp³-hybridized carbons (Fsp3) is 0.560. The van der Waals surface area contributed by atoms with Gasteiger partial charge in [-0.3, -0.25) is 14.3 Å². The van der Waals surface area contributed by atoms with E-state index < -0.39 is 17.4 Å². The molecule has 3 aromatic rings. The summed E-state index contributed by atoms with van der Waals surface area (Å²) in [5.41, 5.74) is 0.824. The molecule has 0 bridgehead atoms. The number of H-pyrrole nitrogens is 1. The molecule has 1 atom stereocenters. The zero-order valence-electron chi connectivity index (χ0n) is 20.4. The van der Waals surface area contributed by atoms with Crippen LogP contribution in [0.2, 0.25) is 0 Å². The maximum atomic E-state index is 12.6. The Bertz CT molecular complexity index is 1170. The number of unbranched alkanes of at least 4 members (excludes halogenated alkanes) is 5. The van der Waals surface area contributed by atoms with Gasteiger partial charge in [-0.25, -0.2) is 9.78 Å². The van der Waals surface area contributed by atoms with Crippen molar-refractivity contribution < 1.29 is 9.84 Å². The van der Waals surface area contributed by atoms with Crippen molar-refractivity contribution in [2.75, 3.05) is 12.4 Å². The zero-order chi connectivity index (χ0) is 24.5. The number of rotatable bonds is 14. The number of ether oxygens (including phenoxy) is 1. The number of aromatic amines is 1. The topological polar surface area (TPSA) is 102 Å². The van der Waals surface area contributed by atoms with Crippen molar-refractivity contribution in [2.24, 2.45) is 7.05 Å². The van der Waals surface area contributed by atoms with Gasteiger partial charge in [0.2, 0.25) is 0 Å². The summed E-state index contributed by atoms with van der Waals surface area (Å²) in [6, 6.07) is 7.78. The van der Waals surface area contributed by atoms with Gasteiger partial charge in [0.15, 0.2) is 16.3 Å². The maximum Gasteiger partial charge on any atom is 0.329 e. The molecule has 2 N–H and O–H groups in total. The predicted octanol–water partition coefficient (Wildman–Crippen LogP) is 3.88. The van der Waals surface area contributed by atoms with Crippen LogP contribution >= 0.6 is 11.8 Å². The molecule has 0 saturated heterocycles. The van der Waals surface area contributed by atoms with Crippen molar-refractivity contribution >= 4 is 22.9 Å². The van der Waals surface area contributed by atoms with Crippen molar-refractivity contribution in [3.05, 3.63) is 50.7 Å². The van der Waals surface area contributed by atoms with Crippen molar-refractivity contribution in [1.29, 1.82) is 0 Å². The van der Waals surface area contributed by atoms with Crippen LogP contribution in [0.1, 0.15) is 57.9 Å². The Labute approximate surface area is 204 Å². The molecule has 0 spiro atoms. The number of benzene rings is 1.